The SMILES string of the molecule is CC1NCCCC1C(=O)N(C)C[C@@H]1C[C@H](F)CN1c1ccncn1. The number of carbonyl (C=O) groups is 1. The fourth-order valence-electron chi connectivity index (χ4n) is 3.84. The highest BCUT2D eigenvalue weighted by Crippen LogP contribution is 2.27. The van der Waals surface area contributed by atoms with E-state index in [0.29, 0.717) is 19.5 Å². The van der Waals surface area contributed by atoms with E-state index in [0.717, 1.165) is 25.2 Å². The first-order valence-electron chi connectivity index (χ1n) is 8.71. The molecule has 2 unspecified atom stereocenters. The van der Waals surface area contributed by atoms with Crippen molar-refractivity contribution in [3.63, 3.8) is 0 Å². The van der Waals surface area contributed by atoms with Crippen molar-refractivity contribution in [2.24, 2.45) is 5.92 Å². The van der Waals surface area contributed by atoms with Crippen LogP contribution in [0.2, 0.25) is 0 Å². The van der Waals surface area contributed by atoms with Gasteiger partial charge in [0.15, 0.2) is 0 Å². The van der Waals surface area contributed by atoms with Gasteiger partial charge in [-0.05, 0) is 32.4 Å². The number of alkyl halides is 1. The molecule has 1 aromatic rings. The summed E-state index contributed by atoms with van der Waals surface area (Å²) in [6.45, 7) is 3.88. The molecule has 1 N–H and O–H groups in total. The van der Waals surface area contributed by atoms with E-state index < -0.39 is 6.17 Å². The lowest BCUT2D eigenvalue weighted by Crippen LogP contribution is -2.49. The van der Waals surface area contributed by atoms with Gasteiger partial charge in [-0.3, -0.25) is 4.79 Å². The number of rotatable bonds is 4. The molecule has 1 aromatic heterocycles. The molecule has 132 valence electrons. The van der Waals surface area contributed by atoms with Gasteiger partial charge in [0.1, 0.15) is 18.3 Å². The van der Waals surface area contributed by atoms with Crippen molar-refractivity contribution >= 4 is 11.7 Å². The predicted octanol–water partition coefficient (Wildman–Crippen LogP) is 1.24. The Morgan fingerprint density at radius 3 is 3.08 bits per heavy atom. The summed E-state index contributed by atoms with van der Waals surface area (Å²) < 4.78 is 14.0. The lowest BCUT2D eigenvalue weighted by atomic mass is 9.90. The number of nitrogens with zero attached hydrogens (tertiary/aromatic N) is 4. The molecule has 7 heteroatoms. The number of amides is 1. The molecule has 2 fully saturated rings. The van der Waals surface area contributed by atoms with Gasteiger partial charge in [-0.15, -0.1) is 0 Å². The number of nitrogens with one attached hydrogen (secondary N) is 1. The Morgan fingerprint density at radius 1 is 1.54 bits per heavy atom. The summed E-state index contributed by atoms with van der Waals surface area (Å²) in [6.07, 6.45) is 4.63. The van der Waals surface area contributed by atoms with Gasteiger partial charge in [-0.25, -0.2) is 14.4 Å². The van der Waals surface area contributed by atoms with Gasteiger partial charge < -0.3 is 15.1 Å². The molecule has 2 aliphatic rings. The van der Waals surface area contributed by atoms with Crippen LogP contribution in [0.5, 0.6) is 0 Å². The number of halogens is 1. The van der Waals surface area contributed by atoms with E-state index >= 15 is 0 Å². The maximum absolute atomic E-state index is 14.0. The second-order valence-corrected chi connectivity index (χ2v) is 6.92. The number of aromatic nitrogens is 2. The molecule has 2 saturated heterocycles. The van der Waals surface area contributed by atoms with Gasteiger partial charge in [0.2, 0.25) is 5.91 Å². The van der Waals surface area contributed by atoms with E-state index in [9.17, 15) is 9.18 Å². The van der Waals surface area contributed by atoms with Crippen molar-refractivity contribution in [3.8, 4) is 0 Å². The number of piperidine rings is 1. The Hall–Kier alpha value is -1.76. The maximum Gasteiger partial charge on any atom is 0.227 e. The Balaban J connectivity index is 1.66. The molecule has 0 aromatic carbocycles. The first-order chi connectivity index (χ1) is 11.6. The quantitative estimate of drug-likeness (QED) is 0.897. The standard InChI is InChI=1S/C17H26FN5O/c1-12-15(4-3-6-20-12)17(24)22(2)10-14-8-13(18)9-23(14)16-5-7-19-11-21-16/h5,7,11-15,20H,3-4,6,8-10H2,1-2H3/t12?,13-,14-,15?/m0/s1. The van der Waals surface area contributed by atoms with Crippen LogP contribution in [0.15, 0.2) is 18.6 Å². The van der Waals surface area contributed by atoms with Crippen LogP contribution in [0.25, 0.3) is 0 Å². The van der Waals surface area contributed by atoms with Crippen LogP contribution >= 0.6 is 0 Å². The van der Waals surface area contributed by atoms with Crippen LogP contribution in [0.4, 0.5) is 10.2 Å². The zero-order valence-corrected chi connectivity index (χ0v) is 14.4. The van der Waals surface area contributed by atoms with E-state index in [2.05, 4.69) is 22.2 Å². The van der Waals surface area contributed by atoms with Gasteiger partial charge in [-0.1, -0.05) is 0 Å². The van der Waals surface area contributed by atoms with Gasteiger partial charge in [0, 0.05) is 32.3 Å². The summed E-state index contributed by atoms with van der Waals surface area (Å²) in [5.41, 5.74) is 0. The Kier molecular flexibility index (Phi) is 5.28. The van der Waals surface area contributed by atoms with Gasteiger partial charge in [0.25, 0.3) is 0 Å². The van der Waals surface area contributed by atoms with Crippen molar-refractivity contribution in [1.82, 2.24) is 20.2 Å². The van der Waals surface area contributed by atoms with Gasteiger partial charge in [-0.2, -0.15) is 0 Å². The lowest BCUT2D eigenvalue weighted by molar-refractivity contribution is -0.136. The van der Waals surface area contributed by atoms with Crippen LogP contribution in [0.3, 0.4) is 0 Å². The first-order valence-corrected chi connectivity index (χ1v) is 8.71. The maximum atomic E-state index is 14.0. The van der Waals surface area contributed by atoms with Crippen LogP contribution in [-0.2, 0) is 4.79 Å². The van der Waals surface area contributed by atoms with E-state index in [4.69, 9.17) is 0 Å². The van der Waals surface area contributed by atoms with E-state index in [1.807, 2.05) is 11.9 Å². The highest BCUT2D eigenvalue weighted by atomic mass is 19.1. The molecule has 2 aliphatic heterocycles. The molecule has 0 saturated carbocycles. The topological polar surface area (TPSA) is 61.4 Å². The number of carbonyl (C=O) groups excluding carboxylic acids is 1. The molecule has 6 nitrogen and oxygen atoms in total. The molecular formula is C17H26FN5O. The molecule has 24 heavy (non-hydrogen) atoms. The van der Waals surface area contributed by atoms with Crippen LogP contribution in [-0.4, -0.2) is 65.7 Å². The molecule has 0 aliphatic carbocycles. The minimum Gasteiger partial charge on any atom is -0.349 e. The Morgan fingerprint density at radius 2 is 2.38 bits per heavy atom. The zero-order valence-electron chi connectivity index (χ0n) is 14.4. The number of anilines is 1. The summed E-state index contributed by atoms with van der Waals surface area (Å²) >= 11 is 0. The van der Waals surface area contributed by atoms with E-state index in [1.54, 1.807) is 17.2 Å². The Bertz CT molecular complexity index is 557. The minimum atomic E-state index is -0.885. The normalized spacial score (nSPS) is 30.4. The molecular weight excluding hydrogens is 309 g/mol. The zero-order chi connectivity index (χ0) is 17.1. The minimum absolute atomic E-state index is 0.0128. The van der Waals surface area contributed by atoms with Gasteiger partial charge in [0.05, 0.1) is 18.5 Å². The molecule has 1 amide bonds. The summed E-state index contributed by atoms with van der Waals surface area (Å²) in [7, 11) is 1.83. The lowest BCUT2D eigenvalue weighted by Gasteiger charge is -2.34. The second kappa shape index (κ2) is 7.42. The molecule has 3 rings (SSSR count). The molecule has 0 spiro atoms. The van der Waals surface area contributed by atoms with Crippen molar-refractivity contribution in [1.29, 1.82) is 0 Å². The number of hydrogen-bond donors (Lipinski definition) is 1. The van der Waals surface area contributed by atoms with Gasteiger partial charge >= 0.3 is 0 Å². The molecule has 0 radical (unpaired) electrons. The monoisotopic (exact) mass is 335 g/mol. The summed E-state index contributed by atoms with van der Waals surface area (Å²) in [5.74, 6) is 0.891. The fourth-order valence-corrected chi connectivity index (χ4v) is 3.84. The first kappa shape index (κ1) is 17.1. The predicted molar refractivity (Wildman–Crippen MR) is 90.5 cm³/mol. The largest absolute Gasteiger partial charge is 0.349 e. The number of likely N-dealkylation sites (N-methyl/N-ethyl adjacent to an activating group) is 1. The van der Waals surface area contributed by atoms with Crippen LogP contribution < -0.4 is 10.2 Å². The summed E-state index contributed by atoms with van der Waals surface area (Å²) in [5, 5.41) is 3.37. The van der Waals surface area contributed by atoms with Crippen molar-refractivity contribution < 1.29 is 9.18 Å². The average Bonchev–Trinajstić information content (AvgIpc) is 2.96. The highest BCUT2D eigenvalue weighted by molar-refractivity contribution is 5.79. The summed E-state index contributed by atoms with van der Waals surface area (Å²) in [6, 6.07) is 1.94. The third-order valence-electron chi connectivity index (χ3n) is 5.16. The smallest absolute Gasteiger partial charge is 0.227 e. The molecule has 0 bridgehead atoms. The van der Waals surface area contributed by atoms with E-state index in [1.165, 1.54) is 6.33 Å². The van der Waals surface area contributed by atoms with Crippen molar-refractivity contribution in [3.05, 3.63) is 18.6 Å². The second-order valence-electron chi connectivity index (χ2n) is 6.92. The van der Waals surface area contributed by atoms with Crippen LogP contribution in [0.1, 0.15) is 26.2 Å². The molecule has 3 heterocycles. The molecule has 4 atom stereocenters. The number of hydrogen-bond acceptors (Lipinski definition) is 5. The highest BCUT2D eigenvalue weighted by Gasteiger charge is 2.36. The van der Waals surface area contributed by atoms with Crippen LogP contribution in [0, 0.1) is 5.92 Å². The average molecular weight is 335 g/mol. The van der Waals surface area contributed by atoms with Crippen molar-refractivity contribution in [2.75, 3.05) is 31.6 Å². The summed E-state index contributed by atoms with van der Waals surface area (Å²) in [4.78, 5) is 24.6. The van der Waals surface area contributed by atoms with E-state index in [-0.39, 0.29) is 23.9 Å². The Labute approximate surface area is 142 Å². The van der Waals surface area contributed by atoms with Crippen molar-refractivity contribution in [2.45, 2.75) is 44.4 Å². The fraction of sp³-hybridized carbons (Fsp3) is 0.706. The third-order valence-corrected chi connectivity index (χ3v) is 5.16. The third kappa shape index (κ3) is 3.66.